The van der Waals surface area contributed by atoms with Crippen LogP contribution in [-0.4, -0.2) is 43.2 Å². The molecule has 7 heteroatoms. The van der Waals surface area contributed by atoms with Crippen molar-refractivity contribution in [3.63, 3.8) is 0 Å². The summed E-state index contributed by atoms with van der Waals surface area (Å²) in [6.07, 6.45) is 5.99. The number of hydrogen-bond donors (Lipinski definition) is 1. The first-order valence-corrected chi connectivity index (χ1v) is 11.0. The van der Waals surface area contributed by atoms with Crippen LogP contribution in [-0.2, 0) is 19.4 Å². The summed E-state index contributed by atoms with van der Waals surface area (Å²) in [7, 11) is 0. The van der Waals surface area contributed by atoms with Crippen LogP contribution in [0, 0.1) is 13.8 Å². The fourth-order valence-electron chi connectivity index (χ4n) is 4.18. The second kappa shape index (κ2) is 8.51. The van der Waals surface area contributed by atoms with Gasteiger partial charge in [-0.25, -0.2) is 0 Å². The highest BCUT2D eigenvalue weighted by molar-refractivity contribution is 5.72. The number of benzene rings is 2. The highest BCUT2D eigenvalue weighted by Gasteiger charge is 2.16. The molecular formula is C25H27N7. The highest BCUT2D eigenvalue weighted by atomic mass is 15.6. The van der Waals surface area contributed by atoms with E-state index >= 15 is 0 Å². The van der Waals surface area contributed by atoms with Gasteiger partial charge >= 0.3 is 0 Å². The number of tetrazole rings is 1. The zero-order chi connectivity index (χ0) is 22.1. The van der Waals surface area contributed by atoms with Crippen molar-refractivity contribution in [3.05, 3.63) is 82.7 Å². The predicted molar refractivity (Wildman–Crippen MR) is 125 cm³/mol. The smallest absolute Gasteiger partial charge is 0.207 e. The minimum absolute atomic E-state index is 0.537. The lowest BCUT2D eigenvalue weighted by Gasteiger charge is -2.28. The molecule has 4 aromatic rings. The summed E-state index contributed by atoms with van der Waals surface area (Å²) in [4.78, 5) is 8.33. The second-order valence-electron chi connectivity index (χ2n) is 8.51. The van der Waals surface area contributed by atoms with Gasteiger partial charge in [0, 0.05) is 43.3 Å². The maximum Gasteiger partial charge on any atom is 0.207 e. The van der Waals surface area contributed by atoms with Gasteiger partial charge in [0.2, 0.25) is 5.82 Å². The topological polar surface area (TPSA) is 85.8 Å². The van der Waals surface area contributed by atoms with Gasteiger partial charge in [0.25, 0.3) is 0 Å². The van der Waals surface area contributed by atoms with Gasteiger partial charge < -0.3 is 5.73 Å². The fraction of sp³-hybridized carbons (Fsp3) is 0.280. The van der Waals surface area contributed by atoms with E-state index in [-0.39, 0.29) is 0 Å². The molecule has 7 nitrogen and oxygen atoms in total. The number of pyridine rings is 1. The number of aryl methyl sites for hydroxylation is 2. The lowest BCUT2D eigenvalue weighted by atomic mass is 10.0. The van der Waals surface area contributed by atoms with E-state index in [9.17, 15) is 0 Å². The van der Waals surface area contributed by atoms with E-state index in [1.807, 2.05) is 43.6 Å². The van der Waals surface area contributed by atoms with Gasteiger partial charge in [-0.15, -0.1) is 15.0 Å². The van der Waals surface area contributed by atoms with Crippen molar-refractivity contribution in [2.75, 3.05) is 18.8 Å². The van der Waals surface area contributed by atoms with Crippen molar-refractivity contribution in [2.24, 2.45) is 0 Å². The number of nitrogens with zero attached hydrogens (tertiary/aromatic N) is 6. The van der Waals surface area contributed by atoms with Crippen LogP contribution in [0.15, 0.2) is 54.9 Å². The van der Waals surface area contributed by atoms with E-state index in [0.717, 1.165) is 54.9 Å². The summed E-state index contributed by atoms with van der Waals surface area (Å²) in [6.45, 7) is 7.21. The molecule has 32 heavy (non-hydrogen) atoms. The largest absolute Gasteiger partial charge is 0.398 e. The van der Waals surface area contributed by atoms with Crippen molar-refractivity contribution in [2.45, 2.75) is 33.2 Å². The van der Waals surface area contributed by atoms with Crippen molar-refractivity contribution >= 4 is 5.69 Å². The highest BCUT2D eigenvalue weighted by Crippen LogP contribution is 2.26. The molecule has 0 aliphatic carbocycles. The van der Waals surface area contributed by atoms with Crippen molar-refractivity contribution < 1.29 is 0 Å². The number of rotatable bonds is 5. The molecule has 3 heterocycles. The van der Waals surface area contributed by atoms with Gasteiger partial charge in [0.1, 0.15) is 0 Å². The molecule has 2 N–H and O–H groups in total. The average Bonchev–Trinajstić information content (AvgIpc) is 3.30. The first-order valence-electron chi connectivity index (χ1n) is 11.0. The average molecular weight is 426 g/mol. The predicted octanol–water partition coefficient (Wildman–Crippen LogP) is 3.52. The molecule has 0 unspecified atom stereocenters. The molecule has 0 saturated carbocycles. The Morgan fingerprint density at radius 2 is 1.81 bits per heavy atom. The maximum absolute atomic E-state index is 6.19. The summed E-state index contributed by atoms with van der Waals surface area (Å²) in [6, 6.07) is 14.5. The molecule has 0 saturated heterocycles. The molecule has 0 amide bonds. The van der Waals surface area contributed by atoms with E-state index in [4.69, 9.17) is 5.73 Å². The number of nitrogen functional groups attached to an aromatic ring is 1. The standard InChI is InChI=1S/C25H27N7/c1-17-13-23(24(26)14-18(17)2)25-28-30-32(29-25)22-5-3-19(4-6-22)8-11-31-12-9-20-7-10-27-15-21(20)16-31/h3-7,10,13-15H,8-9,11-12,16,26H2,1-2H3. The number of anilines is 1. The number of hydrogen-bond acceptors (Lipinski definition) is 6. The Balaban J connectivity index is 1.24. The van der Waals surface area contributed by atoms with Crippen LogP contribution >= 0.6 is 0 Å². The van der Waals surface area contributed by atoms with Crippen LogP contribution in [0.2, 0.25) is 0 Å². The zero-order valence-electron chi connectivity index (χ0n) is 18.5. The minimum Gasteiger partial charge on any atom is -0.398 e. The Kier molecular flexibility index (Phi) is 5.41. The third-order valence-electron chi connectivity index (χ3n) is 6.30. The third-order valence-corrected chi connectivity index (χ3v) is 6.30. The van der Waals surface area contributed by atoms with Crippen LogP contribution < -0.4 is 5.73 Å². The fourth-order valence-corrected chi connectivity index (χ4v) is 4.18. The molecule has 0 radical (unpaired) electrons. The van der Waals surface area contributed by atoms with Crippen LogP contribution in [0.5, 0.6) is 0 Å². The van der Waals surface area contributed by atoms with E-state index in [2.05, 4.69) is 50.4 Å². The van der Waals surface area contributed by atoms with E-state index < -0.39 is 0 Å². The minimum atomic E-state index is 0.537. The van der Waals surface area contributed by atoms with Gasteiger partial charge in [0.15, 0.2) is 0 Å². The Morgan fingerprint density at radius 1 is 1.00 bits per heavy atom. The summed E-state index contributed by atoms with van der Waals surface area (Å²) < 4.78 is 0. The summed E-state index contributed by atoms with van der Waals surface area (Å²) in [5, 5.41) is 13.0. The number of aromatic nitrogens is 5. The van der Waals surface area contributed by atoms with Crippen LogP contribution in [0.3, 0.4) is 0 Å². The molecule has 1 aliphatic rings. The summed E-state index contributed by atoms with van der Waals surface area (Å²) >= 11 is 0. The monoisotopic (exact) mass is 425 g/mol. The first-order chi connectivity index (χ1) is 15.6. The van der Waals surface area contributed by atoms with Crippen molar-refractivity contribution in [3.8, 4) is 17.1 Å². The van der Waals surface area contributed by atoms with Crippen molar-refractivity contribution in [1.29, 1.82) is 0 Å². The molecular weight excluding hydrogens is 398 g/mol. The molecule has 1 aliphatic heterocycles. The van der Waals surface area contributed by atoms with Gasteiger partial charge in [-0.1, -0.05) is 12.1 Å². The molecule has 0 fully saturated rings. The van der Waals surface area contributed by atoms with Gasteiger partial charge in [-0.05, 0) is 90.1 Å². The van der Waals surface area contributed by atoms with Crippen LogP contribution in [0.1, 0.15) is 27.8 Å². The molecule has 0 spiro atoms. The molecule has 0 atom stereocenters. The van der Waals surface area contributed by atoms with Gasteiger partial charge in [-0.3, -0.25) is 9.88 Å². The quantitative estimate of drug-likeness (QED) is 0.493. The Hall–Kier alpha value is -3.58. The Bertz CT molecular complexity index is 1240. The second-order valence-corrected chi connectivity index (χ2v) is 8.51. The zero-order valence-corrected chi connectivity index (χ0v) is 18.5. The number of fused-ring (bicyclic) bond motifs is 1. The van der Waals surface area contributed by atoms with E-state index in [1.54, 1.807) is 4.80 Å². The van der Waals surface area contributed by atoms with E-state index in [0.29, 0.717) is 11.5 Å². The number of nitrogens with two attached hydrogens (primary N) is 1. The van der Waals surface area contributed by atoms with Gasteiger partial charge in [-0.2, -0.15) is 0 Å². The third kappa shape index (κ3) is 4.11. The molecule has 2 aromatic carbocycles. The van der Waals surface area contributed by atoms with Crippen LogP contribution in [0.4, 0.5) is 5.69 Å². The molecule has 162 valence electrons. The Labute approximate surface area is 187 Å². The molecule has 5 rings (SSSR count). The summed E-state index contributed by atoms with van der Waals surface area (Å²) in [5.74, 6) is 0.537. The van der Waals surface area contributed by atoms with Gasteiger partial charge in [0.05, 0.1) is 5.69 Å². The molecule has 2 aromatic heterocycles. The first kappa shape index (κ1) is 20.3. The normalized spacial score (nSPS) is 13.8. The van der Waals surface area contributed by atoms with Crippen LogP contribution in [0.25, 0.3) is 17.1 Å². The Morgan fingerprint density at radius 3 is 2.66 bits per heavy atom. The van der Waals surface area contributed by atoms with E-state index in [1.165, 1.54) is 16.7 Å². The lowest BCUT2D eigenvalue weighted by Crippen LogP contribution is -2.32. The maximum atomic E-state index is 6.19. The lowest BCUT2D eigenvalue weighted by molar-refractivity contribution is 0.257. The summed E-state index contributed by atoms with van der Waals surface area (Å²) in [5.41, 5.74) is 14.9. The van der Waals surface area contributed by atoms with Crippen molar-refractivity contribution in [1.82, 2.24) is 30.1 Å². The SMILES string of the molecule is Cc1cc(N)c(-c2nnn(-c3ccc(CCN4CCc5ccncc5C4)cc3)n2)cc1C. The molecule has 0 bridgehead atoms.